The average Bonchev–Trinajstić information content (AvgIpc) is 2.54. The molecule has 3 unspecified atom stereocenters. The van der Waals surface area contributed by atoms with Gasteiger partial charge >= 0.3 is 0 Å². The van der Waals surface area contributed by atoms with Crippen LogP contribution >= 0.6 is 0 Å². The summed E-state index contributed by atoms with van der Waals surface area (Å²) in [5.41, 5.74) is 7.43. The summed E-state index contributed by atoms with van der Waals surface area (Å²) >= 11 is 0. The van der Waals surface area contributed by atoms with Gasteiger partial charge < -0.3 is 15.8 Å². The first kappa shape index (κ1) is 18.2. The Bertz CT molecular complexity index is 587. The van der Waals surface area contributed by atoms with Gasteiger partial charge in [-0.05, 0) is 76.0 Å². The number of carbonyl (C=O) groups is 1. The third-order valence-electron chi connectivity index (χ3n) is 5.87. The molecule has 0 saturated heterocycles. The first-order valence-corrected chi connectivity index (χ1v) is 9.76. The van der Waals surface area contributed by atoms with Crippen molar-refractivity contribution >= 4 is 5.91 Å². The highest BCUT2D eigenvalue weighted by Crippen LogP contribution is 2.42. The maximum absolute atomic E-state index is 12.8. The molecule has 4 heteroatoms. The van der Waals surface area contributed by atoms with Gasteiger partial charge in [-0.25, -0.2) is 0 Å². The van der Waals surface area contributed by atoms with E-state index in [0.717, 1.165) is 24.2 Å². The van der Waals surface area contributed by atoms with E-state index in [4.69, 9.17) is 10.5 Å². The largest absolute Gasteiger partial charge is 0.491 e. The van der Waals surface area contributed by atoms with Crippen molar-refractivity contribution < 1.29 is 9.53 Å². The van der Waals surface area contributed by atoms with E-state index in [1.807, 2.05) is 45.0 Å². The van der Waals surface area contributed by atoms with Gasteiger partial charge in [-0.15, -0.1) is 0 Å². The maximum atomic E-state index is 12.8. The summed E-state index contributed by atoms with van der Waals surface area (Å²) in [5.74, 6) is 2.22. The number of ether oxygens (including phenoxy) is 1. The van der Waals surface area contributed by atoms with E-state index in [-0.39, 0.29) is 24.0 Å². The molecule has 2 aliphatic rings. The van der Waals surface area contributed by atoms with E-state index < -0.39 is 0 Å². The van der Waals surface area contributed by atoms with E-state index >= 15 is 0 Å². The molecule has 3 rings (SSSR count). The zero-order chi connectivity index (χ0) is 18.0. The van der Waals surface area contributed by atoms with Crippen LogP contribution in [0.25, 0.3) is 0 Å². The van der Waals surface area contributed by atoms with Crippen molar-refractivity contribution in [3.05, 3.63) is 29.8 Å². The van der Waals surface area contributed by atoms with E-state index in [0.29, 0.717) is 17.9 Å². The van der Waals surface area contributed by atoms with Gasteiger partial charge in [-0.3, -0.25) is 4.79 Å². The quantitative estimate of drug-likeness (QED) is 0.854. The molecule has 2 fully saturated rings. The molecule has 25 heavy (non-hydrogen) atoms. The first-order valence-electron chi connectivity index (χ1n) is 9.76. The van der Waals surface area contributed by atoms with E-state index in [9.17, 15) is 4.79 Å². The number of carbonyl (C=O) groups excluding carboxylic acids is 1. The van der Waals surface area contributed by atoms with Crippen LogP contribution in [0.2, 0.25) is 0 Å². The number of rotatable bonds is 5. The standard InChI is InChI=1S/C21H32N2O2/c1-13(2)25-19-9-5-6-15(12-19)14(3)23-21(24)18-10-16-7-4-8-17(11-18)20(16)22/h5-6,9,12-14,16-18,20H,4,7-8,10-11,22H2,1-3H3,(H,23,24). The van der Waals surface area contributed by atoms with E-state index in [1.54, 1.807) is 0 Å². The van der Waals surface area contributed by atoms with Gasteiger partial charge in [0.15, 0.2) is 0 Å². The number of hydrogen-bond acceptors (Lipinski definition) is 3. The normalized spacial score (nSPS) is 30.0. The van der Waals surface area contributed by atoms with Gasteiger partial charge in [0.25, 0.3) is 0 Å². The van der Waals surface area contributed by atoms with Crippen LogP contribution in [0, 0.1) is 17.8 Å². The van der Waals surface area contributed by atoms with Crippen molar-refractivity contribution in [1.29, 1.82) is 0 Å². The predicted molar refractivity (Wildman–Crippen MR) is 100 cm³/mol. The predicted octanol–water partition coefficient (Wildman–Crippen LogP) is 3.80. The molecule has 1 aromatic rings. The summed E-state index contributed by atoms with van der Waals surface area (Å²) in [6, 6.07) is 8.31. The van der Waals surface area contributed by atoms with Crippen molar-refractivity contribution in [3.8, 4) is 5.75 Å². The van der Waals surface area contributed by atoms with E-state index in [2.05, 4.69) is 5.32 Å². The summed E-state index contributed by atoms with van der Waals surface area (Å²) in [6.07, 6.45) is 5.69. The highest BCUT2D eigenvalue weighted by Gasteiger charge is 2.40. The number of nitrogens with one attached hydrogen (secondary N) is 1. The summed E-state index contributed by atoms with van der Waals surface area (Å²) in [7, 11) is 0. The number of hydrogen-bond donors (Lipinski definition) is 2. The lowest BCUT2D eigenvalue weighted by atomic mass is 9.65. The lowest BCUT2D eigenvalue weighted by molar-refractivity contribution is -0.128. The summed E-state index contributed by atoms with van der Waals surface area (Å²) < 4.78 is 5.76. The summed E-state index contributed by atoms with van der Waals surface area (Å²) in [5, 5.41) is 3.22. The Morgan fingerprint density at radius 1 is 1.20 bits per heavy atom. The Morgan fingerprint density at radius 3 is 2.52 bits per heavy atom. The highest BCUT2D eigenvalue weighted by atomic mass is 16.5. The molecule has 3 atom stereocenters. The molecule has 0 aromatic heterocycles. The molecule has 138 valence electrons. The second kappa shape index (κ2) is 7.77. The lowest BCUT2D eigenvalue weighted by Crippen LogP contribution is -2.49. The summed E-state index contributed by atoms with van der Waals surface area (Å²) in [6.45, 7) is 6.08. The van der Waals surface area contributed by atoms with Crippen molar-refractivity contribution in [3.63, 3.8) is 0 Å². The topological polar surface area (TPSA) is 64.3 Å². The Balaban J connectivity index is 1.61. The van der Waals surface area contributed by atoms with Crippen molar-refractivity contribution in [2.24, 2.45) is 23.5 Å². The molecule has 3 N–H and O–H groups in total. The van der Waals surface area contributed by atoms with Crippen LogP contribution in [0.4, 0.5) is 0 Å². The lowest BCUT2D eigenvalue weighted by Gasteiger charge is -2.43. The van der Waals surface area contributed by atoms with Crippen molar-refractivity contribution in [2.45, 2.75) is 71.1 Å². The minimum Gasteiger partial charge on any atom is -0.491 e. The van der Waals surface area contributed by atoms with Crippen LogP contribution in [-0.4, -0.2) is 18.1 Å². The highest BCUT2D eigenvalue weighted by molar-refractivity contribution is 5.79. The maximum Gasteiger partial charge on any atom is 0.223 e. The minimum absolute atomic E-state index is 0.0151. The van der Waals surface area contributed by atoms with Crippen molar-refractivity contribution in [2.75, 3.05) is 0 Å². The van der Waals surface area contributed by atoms with Crippen LogP contribution in [0.3, 0.4) is 0 Å². The van der Waals surface area contributed by atoms with Crippen LogP contribution < -0.4 is 15.8 Å². The Hall–Kier alpha value is -1.55. The molecule has 2 saturated carbocycles. The van der Waals surface area contributed by atoms with Gasteiger partial charge in [0.1, 0.15) is 5.75 Å². The van der Waals surface area contributed by atoms with Gasteiger partial charge in [-0.1, -0.05) is 18.6 Å². The van der Waals surface area contributed by atoms with Crippen LogP contribution in [0.5, 0.6) is 5.75 Å². The second-order valence-corrected chi connectivity index (χ2v) is 8.17. The Labute approximate surface area is 151 Å². The molecule has 0 heterocycles. The fraction of sp³-hybridized carbons (Fsp3) is 0.667. The summed E-state index contributed by atoms with van der Waals surface area (Å²) in [4.78, 5) is 12.8. The molecule has 2 bridgehead atoms. The minimum atomic E-state index is -0.0151. The van der Waals surface area contributed by atoms with Crippen LogP contribution in [-0.2, 0) is 4.79 Å². The molecular formula is C21H32N2O2. The molecular weight excluding hydrogens is 312 g/mol. The van der Waals surface area contributed by atoms with Gasteiger partial charge in [0.2, 0.25) is 5.91 Å². The zero-order valence-corrected chi connectivity index (χ0v) is 15.7. The fourth-order valence-corrected chi connectivity index (χ4v) is 4.55. The molecule has 0 radical (unpaired) electrons. The molecule has 1 aromatic carbocycles. The zero-order valence-electron chi connectivity index (χ0n) is 15.7. The molecule has 0 aliphatic heterocycles. The molecule has 1 amide bonds. The van der Waals surface area contributed by atoms with Crippen LogP contribution in [0.1, 0.15) is 64.5 Å². The fourth-order valence-electron chi connectivity index (χ4n) is 4.55. The van der Waals surface area contributed by atoms with Gasteiger partial charge in [-0.2, -0.15) is 0 Å². The second-order valence-electron chi connectivity index (χ2n) is 8.17. The smallest absolute Gasteiger partial charge is 0.223 e. The molecule has 4 nitrogen and oxygen atoms in total. The third-order valence-corrected chi connectivity index (χ3v) is 5.87. The Morgan fingerprint density at radius 2 is 1.88 bits per heavy atom. The average molecular weight is 344 g/mol. The third kappa shape index (κ3) is 4.35. The van der Waals surface area contributed by atoms with Gasteiger partial charge in [0, 0.05) is 12.0 Å². The molecule has 0 spiro atoms. The number of fused-ring (bicyclic) bond motifs is 2. The first-order chi connectivity index (χ1) is 11.9. The van der Waals surface area contributed by atoms with Crippen LogP contribution in [0.15, 0.2) is 24.3 Å². The number of nitrogens with two attached hydrogens (primary N) is 1. The Kier molecular flexibility index (Phi) is 5.67. The van der Waals surface area contributed by atoms with Crippen molar-refractivity contribution in [1.82, 2.24) is 5.32 Å². The van der Waals surface area contributed by atoms with E-state index in [1.165, 1.54) is 19.3 Å². The molecule has 2 aliphatic carbocycles. The number of benzene rings is 1. The SMILES string of the molecule is CC(C)Oc1cccc(C(C)NC(=O)C2CC3CCCC(C2)C3N)c1. The number of amides is 1. The monoisotopic (exact) mass is 344 g/mol. The van der Waals surface area contributed by atoms with Gasteiger partial charge in [0.05, 0.1) is 12.1 Å².